The van der Waals surface area contributed by atoms with Crippen LogP contribution in [0.5, 0.6) is 0 Å². The molecule has 2 aliphatic rings. The fourth-order valence-corrected chi connectivity index (χ4v) is 7.14. The highest BCUT2D eigenvalue weighted by molar-refractivity contribution is 6.03. The van der Waals surface area contributed by atoms with E-state index in [-0.39, 0.29) is 30.0 Å². The average molecular weight is 668 g/mol. The lowest BCUT2D eigenvalue weighted by molar-refractivity contribution is -0.144. The number of rotatable bonds is 14. The number of carbonyl (C=O) groups is 5. The highest BCUT2D eigenvalue weighted by Gasteiger charge is 2.49. The molecule has 3 unspecified atom stereocenters. The monoisotopic (exact) mass is 667 g/mol. The topological polar surface area (TPSA) is 149 Å². The molecule has 2 heterocycles. The van der Waals surface area contributed by atoms with Gasteiger partial charge in [-0.15, -0.1) is 0 Å². The van der Waals surface area contributed by atoms with Gasteiger partial charge in [-0.2, -0.15) is 0 Å². The zero-order chi connectivity index (χ0) is 35.0. The van der Waals surface area contributed by atoms with Crippen molar-refractivity contribution in [2.24, 2.45) is 5.41 Å². The summed E-state index contributed by atoms with van der Waals surface area (Å²) in [7, 11) is 0. The van der Waals surface area contributed by atoms with Gasteiger partial charge in [-0.3, -0.25) is 29.1 Å². The minimum Gasteiger partial charge on any atom is -0.480 e. The van der Waals surface area contributed by atoms with Crippen LogP contribution in [0.4, 0.5) is 5.69 Å². The van der Waals surface area contributed by atoms with Crippen molar-refractivity contribution in [2.75, 3.05) is 11.4 Å². The normalized spacial score (nSPS) is 19.0. The van der Waals surface area contributed by atoms with Crippen LogP contribution in [-0.4, -0.2) is 63.2 Å². The zero-order valence-corrected chi connectivity index (χ0v) is 28.1. The lowest BCUT2D eigenvalue weighted by Gasteiger charge is -2.32. The number of aliphatic carboxylic acids is 1. The Morgan fingerprint density at radius 1 is 0.980 bits per heavy atom. The van der Waals surface area contributed by atoms with Crippen molar-refractivity contribution >= 4 is 35.3 Å². The number of pyridine rings is 1. The Labute approximate surface area is 287 Å². The predicted octanol–water partition coefficient (Wildman–Crippen LogP) is 4.57. The van der Waals surface area contributed by atoms with Crippen LogP contribution in [0.2, 0.25) is 0 Å². The average Bonchev–Trinajstić information content (AvgIpc) is 3.69. The van der Waals surface area contributed by atoms with Gasteiger partial charge in [0.1, 0.15) is 18.2 Å². The fourth-order valence-electron chi connectivity index (χ4n) is 7.14. The molecule has 3 aromatic rings. The molecular weight excluding hydrogens is 622 g/mol. The number of hydrogen-bond acceptors (Lipinski definition) is 6. The van der Waals surface area contributed by atoms with Crippen molar-refractivity contribution in [1.82, 2.24) is 20.5 Å². The number of carboxylic acid groups (broad SMARTS) is 1. The first kappa shape index (κ1) is 35.3. The van der Waals surface area contributed by atoms with E-state index in [1.165, 1.54) is 6.92 Å². The molecule has 1 saturated heterocycles. The van der Waals surface area contributed by atoms with Crippen LogP contribution in [0.15, 0.2) is 79.1 Å². The number of nitrogens with zero attached hydrogens (tertiary/aromatic N) is 3. The number of anilines is 1. The molecule has 1 saturated carbocycles. The van der Waals surface area contributed by atoms with Crippen LogP contribution in [0.3, 0.4) is 0 Å². The SMILES string of the molecule is CCCC(=O)N1C(Cc2cccnc2)C(=O)N(c2ccc(CC(NC(=O)C3(CCNC(C)=O)CCCC3)C(=O)O)cc2)C1c1ccccc1. The van der Waals surface area contributed by atoms with E-state index in [9.17, 15) is 29.1 Å². The Bertz CT molecular complexity index is 1630. The first-order valence-corrected chi connectivity index (χ1v) is 17.1. The molecule has 3 atom stereocenters. The third kappa shape index (κ3) is 8.16. The predicted molar refractivity (Wildman–Crippen MR) is 184 cm³/mol. The molecule has 3 N–H and O–H groups in total. The van der Waals surface area contributed by atoms with E-state index in [2.05, 4.69) is 15.6 Å². The molecule has 1 aliphatic heterocycles. The minimum absolute atomic E-state index is 0.0456. The summed E-state index contributed by atoms with van der Waals surface area (Å²) >= 11 is 0. The van der Waals surface area contributed by atoms with Crippen LogP contribution in [-0.2, 0) is 36.8 Å². The second kappa shape index (κ2) is 15.9. The molecule has 4 amide bonds. The first-order chi connectivity index (χ1) is 23.6. The smallest absolute Gasteiger partial charge is 0.326 e. The number of carbonyl (C=O) groups excluding carboxylic acids is 4. The van der Waals surface area contributed by atoms with Gasteiger partial charge >= 0.3 is 5.97 Å². The molecule has 258 valence electrons. The van der Waals surface area contributed by atoms with E-state index in [0.717, 1.165) is 24.0 Å². The Kier molecular flexibility index (Phi) is 11.4. The summed E-state index contributed by atoms with van der Waals surface area (Å²) in [6.45, 7) is 3.72. The lowest BCUT2D eigenvalue weighted by atomic mass is 9.81. The zero-order valence-electron chi connectivity index (χ0n) is 28.1. The molecule has 1 aliphatic carbocycles. The van der Waals surface area contributed by atoms with E-state index in [4.69, 9.17) is 0 Å². The maximum atomic E-state index is 14.3. The minimum atomic E-state index is -1.16. The van der Waals surface area contributed by atoms with Gasteiger partial charge in [0.15, 0.2) is 0 Å². The second-order valence-electron chi connectivity index (χ2n) is 13.1. The summed E-state index contributed by atoms with van der Waals surface area (Å²) in [5.74, 6) is -1.95. The Hall–Kier alpha value is -5.06. The van der Waals surface area contributed by atoms with E-state index in [1.54, 1.807) is 46.5 Å². The highest BCUT2D eigenvalue weighted by Crippen LogP contribution is 2.42. The fraction of sp³-hybridized carbons (Fsp3) is 0.421. The largest absolute Gasteiger partial charge is 0.480 e. The van der Waals surface area contributed by atoms with E-state index in [1.807, 2.05) is 49.4 Å². The summed E-state index contributed by atoms with van der Waals surface area (Å²) < 4.78 is 0. The maximum Gasteiger partial charge on any atom is 0.326 e. The number of carboxylic acids is 1. The molecule has 0 spiro atoms. The Morgan fingerprint density at radius 2 is 1.69 bits per heavy atom. The van der Waals surface area contributed by atoms with E-state index < -0.39 is 29.6 Å². The Morgan fingerprint density at radius 3 is 2.31 bits per heavy atom. The van der Waals surface area contributed by atoms with Gasteiger partial charge in [0.25, 0.3) is 5.91 Å². The molecule has 2 aromatic carbocycles. The third-order valence-electron chi connectivity index (χ3n) is 9.65. The van der Waals surface area contributed by atoms with Gasteiger partial charge in [0, 0.05) is 50.8 Å². The summed E-state index contributed by atoms with van der Waals surface area (Å²) in [5, 5.41) is 15.6. The quantitative estimate of drug-likeness (QED) is 0.228. The van der Waals surface area contributed by atoms with Crippen molar-refractivity contribution in [1.29, 1.82) is 0 Å². The van der Waals surface area contributed by atoms with Crippen molar-refractivity contribution in [2.45, 2.75) is 89.9 Å². The van der Waals surface area contributed by atoms with Gasteiger partial charge < -0.3 is 20.6 Å². The van der Waals surface area contributed by atoms with Crippen LogP contribution < -0.4 is 15.5 Å². The molecule has 5 rings (SSSR count). The summed E-state index contributed by atoms with van der Waals surface area (Å²) in [5.41, 5.74) is 2.17. The van der Waals surface area contributed by atoms with E-state index >= 15 is 0 Å². The summed E-state index contributed by atoms with van der Waals surface area (Å²) in [6.07, 6.45) is 7.47. The van der Waals surface area contributed by atoms with Gasteiger partial charge in [-0.25, -0.2) is 4.79 Å². The van der Waals surface area contributed by atoms with Crippen molar-refractivity contribution in [3.63, 3.8) is 0 Å². The number of nitrogens with one attached hydrogen (secondary N) is 2. The van der Waals surface area contributed by atoms with Gasteiger partial charge in [-0.1, -0.05) is 68.3 Å². The van der Waals surface area contributed by atoms with Crippen LogP contribution in [0.25, 0.3) is 0 Å². The van der Waals surface area contributed by atoms with Gasteiger partial charge in [0.2, 0.25) is 17.7 Å². The number of amides is 4. The summed E-state index contributed by atoms with van der Waals surface area (Å²) in [6, 6.07) is 18.3. The molecule has 2 fully saturated rings. The molecule has 11 heteroatoms. The van der Waals surface area contributed by atoms with Crippen LogP contribution in [0, 0.1) is 5.41 Å². The molecule has 49 heavy (non-hydrogen) atoms. The number of aromatic nitrogens is 1. The molecule has 1 aromatic heterocycles. The molecule has 0 radical (unpaired) electrons. The first-order valence-electron chi connectivity index (χ1n) is 17.1. The Balaban J connectivity index is 1.40. The van der Waals surface area contributed by atoms with Crippen LogP contribution in [0.1, 0.15) is 81.6 Å². The molecule has 11 nitrogen and oxygen atoms in total. The third-order valence-corrected chi connectivity index (χ3v) is 9.65. The molecule has 0 bridgehead atoms. The standard InChI is InChI=1S/C38H45N5O6/c1-3-10-33(45)43-32(24-28-11-9-21-39-25-28)35(46)42(34(43)29-12-5-4-6-13-29)30-16-14-27(15-17-30)23-31(36(47)48)41-37(49)38(18-7-8-19-38)20-22-40-26(2)44/h4-6,9,11-17,21,25,31-32,34H,3,7-8,10,18-20,22-24H2,1-2H3,(H,40,44)(H,41,49)(H,47,48). The molecular formula is C38H45N5O6. The highest BCUT2D eigenvalue weighted by atomic mass is 16.4. The second-order valence-corrected chi connectivity index (χ2v) is 13.1. The van der Waals surface area contributed by atoms with Crippen LogP contribution >= 0.6 is 0 Å². The van der Waals surface area contributed by atoms with Crippen molar-refractivity contribution < 1.29 is 29.1 Å². The lowest BCUT2D eigenvalue weighted by Crippen LogP contribution is -2.49. The van der Waals surface area contributed by atoms with Gasteiger partial charge in [0.05, 0.1) is 5.41 Å². The van der Waals surface area contributed by atoms with E-state index in [0.29, 0.717) is 56.3 Å². The maximum absolute atomic E-state index is 14.3. The van der Waals surface area contributed by atoms with Crippen molar-refractivity contribution in [3.8, 4) is 0 Å². The van der Waals surface area contributed by atoms with Crippen molar-refractivity contribution in [3.05, 3.63) is 95.8 Å². The number of benzene rings is 2. The van der Waals surface area contributed by atoms with Gasteiger partial charge in [-0.05, 0) is 60.6 Å². The summed E-state index contributed by atoms with van der Waals surface area (Å²) in [4.78, 5) is 72.9. The number of hydrogen-bond donors (Lipinski definition) is 3.